The van der Waals surface area contributed by atoms with Gasteiger partial charge in [-0.05, 0) is 29.4 Å². The zero-order valence-corrected chi connectivity index (χ0v) is 10.9. The first-order valence-electron chi connectivity index (χ1n) is 6.03. The second-order valence-corrected chi connectivity index (χ2v) is 4.09. The summed E-state index contributed by atoms with van der Waals surface area (Å²) in [5.41, 5.74) is 2.65. The van der Waals surface area contributed by atoms with Crippen molar-refractivity contribution >= 4 is 10.8 Å². The van der Waals surface area contributed by atoms with Gasteiger partial charge in [-0.2, -0.15) is 0 Å². The molecule has 0 fully saturated rings. The van der Waals surface area contributed by atoms with E-state index in [4.69, 9.17) is 0 Å². The van der Waals surface area contributed by atoms with Gasteiger partial charge >= 0.3 is 0 Å². The Bertz CT molecular complexity index is 458. The van der Waals surface area contributed by atoms with Crippen molar-refractivity contribution in [3.63, 3.8) is 0 Å². The molecule has 1 aromatic carbocycles. The second kappa shape index (κ2) is 5.64. The number of hydrogen-bond donors (Lipinski definition) is 0. The lowest BCUT2D eigenvalue weighted by Crippen LogP contribution is -1.88. The molecule has 0 saturated carbocycles. The molecule has 2 aromatic rings. The van der Waals surface area contributed by atoms with Crippen LogP contribution in [-0.4, -0.2) is 4.98 Å². The zero-order chi connectivity index (χ0) is 12.1. The van der Waals surface area contributed by atoms with Crippen LogP contribution in [-0.2, 0) is 0 Å². The summed E-state index contributed by atoms with van der Waals surface area (Å²) < 4.78 is 0. The number of pyridine rings is 1. The Morgan fingerprint density at radius 3 is 2.38 bits per heavy atom. The number of nitrogens with zero attached hydrogens (tertiary/aromatic N) is 1. The molecule has 86 valence electrons. The summed E-state index contributed by atoms with van der Waals surface area (Å²) in [6.45, 7) is 10.6. The first kappa shape index (κ1) is 12.7. The van der Waals surface area contributed by atoms with Crippen LogP contribution in [0.25, 0.3) is 10.8 Å². The van der Waals surface area contributed by atoms with Crippen molar-refractivity contribution in [2.45, 2.75) is 40.5 Å². The quantitative estimate of drug-likeness (QED) is 0.672. The van der Waals surface area contributed by atoms with Crippen LogP contribution in [0.2, 0.25) is 0 Å². The summed E-state index contributed by atoms with van der Waals surface area (Å²) in [5.74, 6) is 0.590. The third-order valence-corrected chi connectivity index (χ3v) is 2.65. The van der Waals surface area contributed by atoms with Crippen LogP contribution in [0.3, 0.4) is 0 Å². The summed E-state index contributed by atoms with van der Waals surface area (Å²) in [6.07, 6.45) is 3.85. The Morgan fingerprint density at radius 2 is 1.75 bits per heavy atom. The molecule has 1 heterocycles. The van der Waals surface area contributed by atoms with Crippen LogP contribution in [0, 0.1) is 6.92 Å². The first-order valence-corrected chi connectivity index (χ1v) is 6.03. The Hall–Kier alpha value is -1.37. The molecule has 1 aromatic heterocycles. The number of benzene rings is 1. The summed E-state index contributed by atoms with van der Waals surface area (Å²) >= 11 is 0. The van der Waals surface area contributed by atoms with E-state index in [-0.39, 0.29) is 0 Å². The van der Waals surface area contributed by atoms with Gasteiger partial charge in [-0.1, -0.05) is 45.9 Å². The molecular weight excluding hydrogens is 194 g/mol. The van der Waals surface area contributed by atoms with Crippen molar-refractivity contribution in [2.24, 2.45) is 0 Å². The van der Waals surface area contributed by atoms with E-state index in [2.05, 4.69) is 44.0 Å². The molecular formula is C15H21N. The Balaban J connectivity index is 0.000000606. The first-order chi connectivity index (χ1) is 7.68. The lowest BCUT2D eigenvalue weighted by molar-refractivity contribution is 0.868. The van der Waals surface area contributed by atoms with Crippen LogP contribution >= 0.6 is 0 Å². The van der Waals surface area contributed by atoms with E-state index in [9.17, 15) is 0 Å². The van der Waals surface area contributed by atoms with E-state index < -0.39 is 0 Å². The number of fused-ring (bicyclic) bond motifs is 1. The van der Waals surface area contributed by atoms with Crippen LogP contribution in [0.5, 0.6) is 0 Å². The number of rotatable bonds is 1. The van der Waals surface area contributed by atoms with Crippen molar-refractivity contribution in [3.8, 4) is 0 Å². The van der Waals surface area contributed by atoms with Gasteiger partial charge in [0, 0.05) is 17.8 Å². The van der Waals surface area contributed by atoms with Crippen LogP contribution in [0.4, 0.5) is 0 Å². The average molecular weight is 215 g/mol. The van der Waals surface area contributed by atoms with Crippen LogP contribution < -0.4 is 0 Å². The average Bonchev–Trinajstić information content (AvgIpc) is 2.32. The van der Waals surface area contributed by atoms with Crippen LogP contribution in [0.15, 0.2) is 30.6 Å². The van der Waals surface area contributed by atoms with Gasteiger partial charge in [-0.3, -0.25) is 4.98 Å². The van der Waals surface area contributed by atoms with E-state index in [1.807, 2.05) is 26.2 Å². The fourth-order valence-corrected chi connectivity index (χ4v) is 1.69. The maximum absolute atomic E-state index is 4.19. The maximum Gasteiger partial charge on any atom is 0.0346 e. The molecule has 0 bridgehead atoms. The predicted octanol–water partition coefficient (Wildman–Crippen LogP) is 4.69. The molecule has 0 aliphatic heterocycles. The molecule has 1 nitrogen and oxygen atoms in total. The molecule has 0 spiro atoms. The Labute approximate surface area is 98.5 Å². The minimum Gasteiger partial charge on any atom is -0.264 e. The Kier molecular flexibility index (Phi) is 4.48. The monoisotopic (exact) mass is 215 g/mol. The van der Waals surface area contributed by atoms with Gasteiger partial charge in [0.15, 0.2) is 0 Å². The maximum atomic E-state index is 4.19. The van der Waals surface area contributed by atoms with Gasteiger partial charge in [0.2, 0.25) is 0 Å². The lowest BCUT2D eigenvalue weighted by atomic mass is 9.99. The molecule has 1 heteroatoms. The normalized spacial score (nSPS) is 10.1. The van der Waals surface area contributed by atoms with Gasteiger partial charge < -0.3 is 0 Å². The molecule has 0 unspecified atom stereocenters. The highest BCUT2D eigenvalue weighted by Crippen LogP contribution is 2.22. The van der Waals surface area contributed by atoms with Gasteiger partial charge in [-0.25, -0.2) is 0 Å². The standard InChI is InChI=1S/C13H15N.C2H6/c1-9(2)11-4-5-12-8-14-7-10(3)13(12)6-11;1-2/h4-9H,1-3H3;1-2H3. The van der Waals surface area contributed by atoms with Crippen molar-refractivity contribution in [1.82, 2.24) is 4.98 Å². The highest BCUT2D eigenvalue weighted by atomic mass is 14.6. The fourth-order valence-electron chi connectivity index (χ4n) is 1.69. The zero-order valence-electron chi connectivity index (χ0n) is 10.9. The number of aromatic nitrogens is 1. The number of aryl methyl sites for hydroxylation is 1. The highest BCUT2D eigenvalue weighted by molar-refractivity contribution is 5.85. The summed E-state index contributed by atoms with van der Waals surface area (Å²) in [7, 11) is 0. The van der Waals surface area contributed by atoms with Gasteiger partial charge in [0.05, 0.1) is 0 Å². The van der Waals surface area contributed by atoms with E-state index in [1.165, 1.54) is 21.9 Å². The largest absolute Gasteiger partial charge is 0.264 e. The Morgan fingerprint density at radius 1 is 1.06 bits per heavy atom. The third kappa shape index (κ3) is 2.60. The van der Waals surface area contributed by atoms with Gasteiger partial charge in [-0.15, -0.1) is 0 Å². The molecule has 0 amide bonds. The molecule has 0 N–H and O–H groups in total. The SMILES string of the molecule is CC.Cc1cncc2ccc(C(C)C)cc12. The highest BCUT2D eigenvalue weighted by Gasteiger charge is 2.02. The van der Waals surface area contributed by atoms with Crippen molar-refractivity contribution in [3.05, 3.63) is 41.7 Å². The molecule has 16 heavy (non-hydrogen) atoms. The van der Waals surface area contributed by atoms with Gasteiger partial charge in [0.25, 0.3) is 0 Å². The molecule has 0 saturated heterocycles. The van der Waals surface area contributed by atoms with Crippen molar-refractivity contribution in [1.29, 1.82) is 0 Å². The van der Waals surface area contributed by atoms with E-state index >= 15 is 0 Å². The smallest absolute Gasteiger partial charge is 0.0346 e. The lowest BCUT2D eigenvalue weighted by Gasteiger charge is -2.07. The predicted molar refractivity (Wildman–Crippen MR) is 71.9 cm³/mol. The molecule has 0 atom stereocenters. The van der Waals surface area contributed by atoms with E-state index in [1.54, 1.807) is 0 Å². The molecule has 0 aliphatic carbocycles. The molecule has 2 rings (SSSR count). The van der Waals surface area contributed by atoms with E-state index in [0.29, 0.717) is 5.92 Å². The van der Waals surface area contributed by atoms with Gasteiger partial charge in [0.1, 0.15) is 0 Å². The minimum absolute atomic E-state index is 0.590. The minimum atomic E-state index is 0.590. The fraction of sp³-hybridized carbons (Fsp3) is 0.400. The summed E-state index contributed by atoms with van der Waals surface area (Å²) in [5, 5.41) is 2.56. The van der Waals surface area contributed by atoms with Crippen molar-refractivity contribution < 1.29 is 0 Å². The summed E-state index contributed by atoms with van der Waals surface area (Å²) in [6, 6.07) is 6.62. The number of hydrogen-bond acceptors (Lipinski definition) is 1. The van der Waals surface area contributed by atoms with Crippen molar-refractivity contribution in [2.75, 3.05) is 0 Å². The van der Waals surface area contributed by atoms with E-state index in [0.717, 1.165) is 0 Å². The topological polar surface area (TPSA) is 12.9 Å². The molecule has 0 aliphatic rings. The summed E-state index contributed by atoms with van der Waals surface area (Å²) in [4.78, 5) is 4.19. The third-order valence-electron chi connectivity index (χ3n) is 2.65. The van der Waals surface area contributed by atoms with Crippen LogP contribution in [0.1, 0.15) is 44.7 Å². The second-order valence-electron chi connectivity index (χ2n) is 4.09. The molecule has 0 radical (unpaired) electrons.